The van der Waals surface area contributed by atoms with Crippen molar-refractivity contribution in [2.24, 2.45) is 0 Å². The first-order chi connectivity index (χ1) is 12.5. The van der Waals surface area contributed by atoms with Gasteiger partial charge in [-0.15, -0.1) is 0 Å². The third kappa shape index (κ3) is 3.60. The van der Waals surface area contributed by atoms with Gasteiger partial charge in [0.2, 0.25) is 5.91 Å². The van der Waals surface area contributed by atoms with Crippen molar-refractivity contribution in [1.29, 1.82) is 0 Å². The van der Waals surface area contributed by atoms with Gasteiger partial charge in [-0.3, -0.25) is 9.59 Å². The molecule has 3 rings (SSSR count). The summed E-state index contributed by atoms with van der Waals surface area (Å²) in [7, 11) is 0. The second-order valence-electron chi connectivity index (χ2n) is 6.08. The maximum atomic E-state index is 13.0. The number of nitrogens with zero attached hydrogens (tertiary/aromatic N) is 2. The number of anilines is 1. The van der Waals surface area contributed by atoms with Gasteiger partial charge in [-0.2, -0.15) is 0 Å². The number of carbonyl (C=O) groups excluding carboxylic acids is 2. The number of para-hydroxylation sites is 2. The Hall–Kier alpha value is -2.34. The van der Waals surface area contributed by atoms with Crippen molar-refractivity contribution in [2.45, 2.75) is 19.9 Å². The smallest absolute Gasteiger partial charge is 0.254 e. The van der Waals surface area contributed by atoms with Crippen LogP contribution in [-0.4, -0.2) is 42.5 Å². The maximum absolute atomic E-state index is 13.0. The molecule has 1 aliphatic heterocycles. The minimum absolute atomic E-state index is 0.105. The largest absolute Gasteiger partial charge is 0.492 e. The molecule has 1 aliphatic rings. The molecule has 0 radical (unpaired) electrons. The molecule has 1 atom stereocenters. The third-order valence-corrected chi connectivity index (χ3v) is 4.94. The highest BCUT2D eigenvalue weighted by Gasteiger charge is 2.36. The van der Waals surface area contributed by atoms with E-state index < -0.39 is 6.04 Å². The Balaban J connectivity index is 1.82. The molecule has 1 saturated heterocycles. The van der Waals surface area contributed by atoms with Gasteiger partial charge in [-0.25, -0.2) is 0 Å². The predicted octanol–water partition coefficient (Wildman–Crippen LogP) is 3.73. The number of amides is 2. The fourth-order valence-corrected chi connectivity index (χ4v) is 3.53. The summed E-state index contributed by atoms with van der Waals surface area (Å²) in [5, 5.41) is 0. The summed E-state index contributed by atoms with van der Waals surface area (Å²) in [5.74, 6) is 0.443. The lowest BCUT2D eigenvalue weighted by molar-refractivity contribution is -0.124. The van der Waals surface area contributed by atoms with E-state index in [9.17, 15) is 9.59 Å². The number of ether oxygens (including phenoxy) is 1. The third-order valence-electron chi connectivity index (χ3n) is 4.44. The SMILES string of the molecule is CCOc1ccccc1N1CCN(C(=O)c2cccc(Br)c2)[C@H](C)C1=O. The van der Waals surface area contributed by atoms with Crippen LogP contribution in [0.25, 0.3) is 0 Å². The Morgan fingerprint density at radius 2 is 1.96 bits per heavy atom. The van der Waals surface area contributed by atoms with Gasteiger partial charge in [-0.1, -0.05) is 34.1 Å². The topological polar surface area (TPSA) is 49.9 Å². The van der Waals surface area contributed by atoms with Gasteiger partial charge in [0.1, 0.15) is 11.8 Å². The van der Waals surface area contributed by atoms with Crippen LogP contribution in [0.4, 0.5) is 5.69 Å². The fraction of sp³-hybridized carbons (Fsp3) is 0.300. The van der Waals surface area contributed by atoms with E-state index in [4.69, 9.17) is 4.74 Å². The Morgan fingerprint density at radius 1 is 1.19 bits per heavy atom. The van der Waals surface area contributed by atoms with Crippen molar-refractivity contribution in [3.8, 4) is 5.75 Å². The molecule has 2 amide bonds. The summed E-state index contributed by atoms with van der Waals surface area (Å²) in [6.45, 7) is 5.12. The van der Waals surface area contributed by atoms with E-state index in [2.05, 4.69) is 15.9 Å². The van der Waals surface area contributed by atoms with E-state index in [1.165, 1.54) is 0 Å². The Labute approximate surface area is 161 Å². The standard InChI is InChI=1S/C20H21BrN2O3/c1-3-26-18-10-5-4-9-17(18)23-12-11-22(14(2)19(23)24)20(25)15-7-6-8-16(21)13-15/h4-10,13-14H,3,11-12H2,1-2H3/t14-/m1/s1. The second kappa shape index (κ2) is 7.91. The molecular formula is C20H21BrN2O3. The van der Waals surface area contributed by atoms with Crippen LogP contribution in [0.1, 0.15) is 24.2 Å². The summed E-state index contributed by atoms with van der Waals surface area (Å²) in [4.78, 5) is 29.1. The van der Waals surface area contributed by atoms with Crippen LogP contribution in [0, 0.1) is 0 Å². The highest BCUT2D eigenvalue weighted by Crippen LogP contribution is 2.31. The summed E-state index contributed by atoms with van der Waals surface area (Å²) < 4.78 is 6.49. The first-order valence-corrected chi connectivity index (χ1v) is 9.42. The summed E-state index contributed by atoms with van der Waals surface area (Å²) in [6.07, 6.45) is 0. The molecule has 0 spiro atoms. The molecule has 2 aromatic carbocycles. The zero-order valence-electron chi connectivity index (χ0n) is 14.8. The van der Waals surface area contributed by atoms with Crippen LogP contribution in [0.3, 0.4) is 0 Å². The van der Waals surface area contributed by atoms with Crippen LogP contribution >= 0.6 is 15.9 Å². The van der Waals surface area contributed by atoms with E-state index in [1.807, 2.05) is 43.3 Å². The molecule has 6 heteroatoms. The molecule has 0 N–H and O–H groups in total. The predicted molar refractivity (Wildman–Crippen MR) is 105 cm³/mol. The fourth-order valence-electron chi connectivity index (χ4n) is 3.13. The molecule has 1 heterocycles. The van der Waals surface area contributed by atoms with Crippen molar-refractivity contribution in [3.05, 3.63) is 58.6 Å². The van der Waals surface area contributed by atoms with Gasteiger partial charge < -0.3 is 14.5 Å². The average molecular weight is 417 g/mol. The van der Waals surface area contributed by atoms with Gasteiger partial charge in [-0.05, 0) is 44.2 Å². The minimum Gasteiger partial charge on any atom is -0.492 e. The molecular weight excluding hydrogens is 396 g/mol. The number of carbonyl (C=O) groups is 2. The highest BCUT2D eigenvalue weighted by atomic mass is 79.9. The molecule has 0 aliphatic carbocycles. The van der Waals surface area contributed by atoms with Gasteiger partial charge in [0.05, 0.1) is 12.3 Å². The number of hydrogen-bond donors (Lipinski definition) is 0. The molecule has 136 valence electrons. The van der Waals surface area contributed by atoms with Crippen LogP contribution in [0.5, 0.6) is 5.75 Å². The van der Waals surface area contributed by atoms with Crippen LogP contribution < -0.4 is 9.64 Å². The lowest BCUT2D eigenvalue weighted by atomic mass is 10.1. The highest BCUT2D eigenvalue weighted by molar-refractivity contribution is 9.10. The van der Waals surface area contributed by atoms with Gasteiger partial charge in [0, 0.05) is 23.1 Å². The van der Waals surface area contributed by atoms with E-state index in [0.717, 1.165) is 10.2 Å². The average Bonchev–Trinajstić information content (AvgIpc) is 2.64. The quantitative estimate of drug-likeness (QED) is 0.762. The Kier molecular flexibility index (Phi) is 5.61. The number of piperazine rings is 1. The zero-order chi connectivity index (χ0) is 18.7. The first kappa shape index (κ1) is 18.5. The maximum Gasteiger partial charge on any atom is 0.254 e. The Morgan fingerprint density at radius 3 is 2.69 bits per heavy atom. The van der Waals surface area contributed by atoms with Crippen molar-refractivity contribution in [1.82, 2.24) is 4.90 Å². The van der Waals surface area contributed by atoms with Crippen molar-refractivity contribution >= 4 is 33.4 Å². The van der Waals surface area contributed by atoms with Gasteiger partial charge >= 0.3 is 0 Å². The van der Waals surface area contributed by atoms with Crippen LogP contribution in [0.2, 0.25) is 0 Å². The van der Waals surface area contributed by atoms with E-state index in [1.54, 1.807) is 28.9 Å². The van der Waals surface area contributed by atoms with Gasteiger partial charge in [0.15, 0.2) is 0 Å². The summed E-state index contributed by atoms with van der Waals surface area (Å²) in [5.41, 5.74) is 1.32. The molecule has 2 aromatic rings. The van der Waals surface area contributed by atoms with E-state index in [-0.39, 0.29) is 11.8 Å². The van der Waals surface area contributed by atoms with Crippen molar-refractivity contribution < 1.29 is 14.3 Å². The Bertz CT molecular complexity index is 824. The summed E-state index contributed by atoms with van der Waals surface area (Å²) >= 11 is 3.38. The number of benzene rings is 2. The molecule has 0 unspecified atom stereocenters. The molecule has 5 nitrogen and oxygen atoms in total. The number of halogens is 1. The van der Waals surface area contributed by atoms with Crippen LogP contribution in [-0.2, 0) is 4.79 Å². The van der Waals surface area contributed by atoms with Gasteiger partial charge in [0.25, 0.3) is 5.91 Å². The number of hydrogen-bond acceptors (Lipinski definition) is 3. The monoisotopic (exact) mass is 416 g/mol. The molecule has 0 aromatic heterocycles. The molecule has 0 bridgehead atoms. The first-order valence-electron chi connectivity index (χ1n) is 8.62. The summed E-state index contributed by atoms with van der Waals surface area (Å²) in [6, 6.07) is 14.2. The lowest BCUT2D eigenvalue weighted by Crippen LogP contribution is -2.57. The van der Waals surface area contributed by atoms with E-state index in [0.29, 0.717) is 31.0 Å². The molecule has 1 fully saturated rings. The number of rotatable bonds is 4. The normalized spacial score (nSPS) is 17.3. The molecule has 0 saturated carbocycles. The minimum atomic E-state index is -0.537. The zero-order valence-corrected chi connectivity index (χ0v) is 16.4. The van der Waals surface area contributed by atoms with Crippen molar-refractivity contribution in [3.63, 3.8) is 0 Å². The lowest BCUT2D eigenvalue weighted by Gasteiger charge is -2.39. The van der Waals surface area contributed by atoms with E-state index >= 15 is 0 Å². The van der Waals surface area contributed by atoms with Crippen LogP contribution in [0.15, 0.2) is 53.0 Å². The second-order valence-corrected chi connectivity index (χ2v) is 6.99. The van der Waals surface area contributed by atoms with Crippen molar-refractivity contribution in [2.75, 3.05) is 24.6 Å². The molecule has 26 heavy (non-hydrogen) atoms.